The van der Waals surface area contributed by atoms with Crippen molar-refractivity contribution < 1.29 is 37.8 Å². The van der Waals surface area contributed by atoms with Gasteiger partial charge in [0.1, 0.15) is 11.9 Å². The zero-order valence-corrected chi connectivity index (χ0v) is 17.6. The second kappa shape index (κ2) is 10.3. The fourth-order valence-electron chi connectivity index (χ4n) is 3.80. The van der Waals surface area contributed by atoms with Crippen molar-refractivity contribution in [3.8, 4) is 5.75 Å². The number of aliphatic hydroxyl groups is 1. The number of aliphatic hydroxyl groups excluding tert-OH is 1. The predicted octanol–water partition coefficient (Wildman–Crippen LogP) is 1.90. The van der Waals surface area contributed by atoms with Crippen LogP contribution in [0.25, 0.3) is 0 Å². The first-order valence-electron chi connectivity index (χ1n) is 9.94. The van der Waals surface area contributed by atoms with Crippen molar-refractivity contribution in [2.75, 3.05) is 19.6 Å². The quantitative estimate of drug-likeness (QED) is 0.375. The van der Waals surface area contributed by atoms with Gasteiger partial charge in [0.25, 0.3) is 5.91 Å². The number of rotatable bonds is 7. The van der Waals surface area contributed by atoms with Gasteiger partial charge in [0.15, 0.2) is 0 Å². The highest BCUT2D eigenvalue weighted by atomic mass is 19.4. The van der Waals surface area contributed by atoms with Gasteiger partial charge >= 0.3 is 6.36 Å². The van der Waals surface area contributed by atoms with Gasteiger partial charge in [-0.05, 0) is 42.5 Å². The Hall–Kier alpha value is -2.37. The summed E-state index contributed by atoms with van der Waals surface area (Å²) in [5.74, 6) is -3.00. The van der Waals surface area contributed by atoms with E-state index in [0.717, 1.165) is 0 Å². The Bertz CT molecular complexity index is 788. The maximum Gasteiger partial charge on any atom is 0.573 e. The standard InChI is InChI=1S/C20H28F3N3O5/c1-11(2)8-15(17(27)18(28)25-30)19(29)26-7-6-24-10-16(26)14-5-4-13(9-12(14)3)31-20(21,22)23/h4-5,9,11,15-17,24,27,30H,6-8,10H2,1-3H3,(H,25,28)/t15-,16-,17-/m0/s1. The molecule has 1 aromatic carbocycles. The Kier molecular flexibility index (Phi) is 8.27. The third-order valence-electron chi connectivity index (χ3n) is 5.16. The summed E-state index contributed by atoms with van der Waals surface area (Å²) < 4.78 is 41.5. The fraction of sp³-hybridized carbons (Fsp3) is 0.600. The molecule has 1 aliphatic heterocycles. The van der Waals surface area contributed by atoms with Crippen LogP contribution >= 0.6 is 0 Å². The minimum absolute atomic E-state index is 0.0167. The Balaban J connectivity index is 2.33. The summed E-state index contributed by atoms with van der Waals surface area (Å²) in [4.78, 5) is 26.6. The molecule has 3 atom stereocenters. The minimum atomic E-state index is -4.81. The van der Waals surface area contributed by atoms with Crippen LogP contribution in [-0.2, 0) is 9.59 Å². The molecular weight excluding hydrogens is 419 g/mol. The van der Waals surface area contributed by atoms with Gasteiger partial charge in [-0.3, -0.25) is 14.8 Å². The summed E-state index contributed by atoms with van der Waals surface area (Å²) in [7, 11) is 0. The van der Waals surface area contributed by atoms with Crippen LogP contribution in [0.2, 0.25) is 0 Å². The predicted molar refractivity (Wildman–Crippen MR) is 104 cm³/mol. The molecule has 1 heterocycles. The summed E-state index contributed by atoms with van der Waals surface area (Å²) in [5.41, 5.74) is 2.50. The van der Waals surface area contributed by atoms with E-state index in [1.165, 1.54) is 28.6 Å². The van der Waals surface area contributed by atoms with Gasteiger partial charge in [-0.2, -0.15) is 0 Å². The highest BCUT2D eigenvalue weighted by molar-refractivity contribution is 5.89. The number of alkyl halides is 3. The normalized spacial score (nSPS) is 19.1. The van der Waals surface area contributed by atoms with E-state index in [9.17, 15) is 27.9 Å². The molecule has 1 aromatic rings. The molecule has 2 amide bonds. The molecule has 0 radical (unpaired) electrons. The van der Waals surface area contributed by atoms with Crippen LogP contribution in [0.3, 0.4) is 0 Å². The number of benzene rings is 1. The van der Waals surface area contributed by atoms with Crippen molar-refractivity contribution in [3.63, 3.8) is 0 Å². The van der Waals surface area contributed by atoms with E-state index in [1.807, 2.05) is 13.8 Å². The lowest BCUT2D eigenvalue weighted by atomic mass is 9.88. The smallest absolute Gasteiger partial charge is 0.406 e. The van der Waals surface area contributed by atoms with E-state index in [1.54, 1.807) is 6.92 Å². The average Bonchev–Trinajstić information content (AvgIpc) is 2.69. The zero-order chi connectivity index (χ0) is 23.3. The lowest BCUT2D eigenvalue weighted by molar-refractivity contribution is -0.274. The molecule has 4 N–H and O–H groups in total. The van der Waals surface area contributed by atoms with Crippen molar-refractivity contribution >= 4 is 11.8 Å². The summed E-state index contributed by atoms with van der Waals surface area (Å²) in [6, 6.07) is 3.40. The number of piperazine rings is 1. The first-order chi connectivity index (χ1) is 14.4. The van der Waals surface area contributed by atoms with E-state index < -0.39 is 36.2 Å². The van der Waals surface area contributed by atoms with Crippen LogP contribution in [0.5, 0.6) is 5.75 Å². The number of carbonyl (C=O) groups is 2. The van der Waals surface area contributed by atoms with Crippen molar-refractivity contribution in [2.24, 2.45) is 11.8 Å². The number of nitrogens with one attached hydrogen (secondary N) is 2. The third-order valence-corrected chi connectivity index (χ3v) is 5.16. The molecular formula is C20H28F3N3O5. The monoisotopic (exact) mass is 447 g/mol. The molecule has 11 heteroatoms. The van der Waals surface area contributed by atoms with Gasteiger partial charge in [-0.1, -0.05) is 19.9 Å². The average molecular weight is 447 g/mol. The van der Waals surface area contributed by atoms with Crippen molar-refractivity contribution in [3.05, 3.63) is 29.3 Å². The van der Waals surface area contributed by atoms with Crippen LogP contribution in [0.15, 0.2) is 18.2 Å². The van der Waals surface area contributed by atoms with Crippen LogP contribution in [-0.4, -0.2) is 59.1 Å². The molecule has 0 aromatic heterocycles. The molecule has 1 fully saturated rings. The van der Waals surface area contributed by atoms with Crippen molar-refractivity contribution in [2.45, 2.75) is 45.7 Å². The Morgan fingerprint density at radius 2 is 2.03 bits per heavy atom. The van der Waals surface area contributed by atoms with Gasteiger partial charge in [0.2, 0.25) is 5.91 Å². The minimum Gasteiger partial charge on any atom is -0.406 e. The molecule has 2 rings (SSSR count). The number of carbonyl (C=O) groups excluding carboxylic acids is 2. The molecule has 0 unspecified atom stereocenters. The van der Waals surface area contributed by atoms with Crippen LogP contribution in [0.1, 0.15) is 37.4 Å². The maximum atomic E-state index is 13.3. The summed E-state index contributed by atoms with van der Waals surface area (Å²) in [5, 5.41) is 22.3. The van der Waals surface area contributed by atoms with E-state index in [2.05, 4.69) is 10.1 Å². The molecule has 0 saturated carbocycles. The molecule has 174 valence electrons. The van der Waals surface area contributed by atoms with Crippen molar-refractivity contribution in [1.29, 1.82) is 0 Å². The Morgan fingerprint density at radius 1 is 1.35 bits per heavy atom. The van der Waals surface area contributed by atoms with Gasteiger partial charge in [0.05, 0.1) is 12.0 Å². The maximum absolute atomic E-state index is 13.3. The zero-order valence-electron chi connectivity index (χ0n) is 17.6. The SMILES string of the molecule is Cc1cc(OC(F)(F)F)ccc1[C@@H]1CNCCN1C(=O)[C@@H](CC(C)C)[C@H](O)C(=O)NO. The number of ether oxygens (including phenoxy) is 1. The molecule has 1 aliphatic rings. The number of hydrogen-bond donors (Lipinski definition) is 4. The van der Waals surface area contributed by atoms with E-state index in [4.69, 9.17) is 5.21 Å². The molecule has 31 heavy (non-hydrogen) atoms. The summed E-state index contributed by atoms with van der Waals surface area (Å²) >= 11 is 0. The molecule has 8 nitrogen and oxygen atoms in total. The highest BCUT2D eigenvalue weighted by Gasteiger charge is 2.39. The lowest BCUT2D eigenvalue weighted by Crippen LogP contribution is -2.54. The lowest BCUT2D eigenvalue weighted by Gasteiger charge is -2.40. The van der Waals surface area contributed by atoms with Crippen LogP contribution < -0.4 is 15.5 Å². The highest BCUT2D eigenvalue weighted by Crippen LogP contribution is 2.32. The number of nitrogens with zero attached hydrogens (tertiary/aromatic N) is 1. The molecule has 0 spiro atoms. The van der Waals surface area contributed by atoms with Gasteiger partial charge < -0.3 is 20.1 Å². The third kappa shape index (κ3) is 6.55. The topological polar surface area (TPSA) is 111 Å². The number of hydroxylamine groups is 1. The van der Waals surface area contributed by atoms with Crippen LogP contribution in [0, 0.1) is 18.8 Å². The number of halogens is 3. The first-order valence-corrected chi connectivity index (χ1v) is 9.94. The van der Waals surface area contributed by atoms with E-state index >= 15 is 0 Å². The van der Waals surface area contributed by atoms with E-state index in [0.29, 0.717) is 24.2 Å². The number of aryl methyl sites for hydroxylation is 1. The van der Waals surface area contributed by atoms with Gasteiger partial charge in [-0.25, -0.2) is 5.48 Å². The number of hydrogen-bond acceptors (Lipinski definition) is 6. The van der Waals surface area contributed by atoms with Gasteiger partial charge in [-0.15, -0.1) is 13.2 Å². The fourth-order valence-corrected chi connectivity index (χ4v) is 3.80. The Labute approximate surface area is 178 Å². The van der Waals surface area contributed by atoms with Crippen molar-refractivity contribution in [1.82, 2.24) is 15.7 Å². The second-order valence-electron chi connectivity index (χ2n) is 7.97. The second-order valence-corrected chi connectivity index (χ2v) is 7.97. The Morgan fingerprint density at radius 3 is 2.58 bits per heavy atom. The largest absolute Gasteiger partial charge is 0.573 e. The first kappa shape index (κ1) is 24.9. The molecule has 1 saturated heterocycles. The number of amides is 2. The molecule has 0 bridgehead atoms. The van der Waals surface area contributed by atoms with Crippen LogP contribution in [0.4, 0.5) is 13.2 Å². The summed E-state index contributed by atoms with van der Waals surface area (Å²) in [6.07, 6.45) is -6.34. The molecule has 0 aliphatic carbocycles. The summed E-state index contributed by atoms with van der Waals surface area (Å²) in [6.45, 7) is 6.41. The van der Waals surface area contributed by atoms with Gasteiger partial charge in [0, 0.05) is 19.6 Å². The van der Waals surface area contributed by atoms with E-state index in [-0.39, 0.29) is 24.6 Å².